The molecule has 1 atom stereocenters. The van der Waals surface area contributed by atoms with Crippen LogP contribution < -0.4 is 5.32 Å². The Morgan fingerprint density at radius 2 is 1.77 bits per heavy atom. The summed E-state index contributed by atoms with van der Waals surface area (Å²) < 4.78 is 13.7. The highest BCUT2D eigenvalue weighted by Crippen LogP contribution is 2.42. The zero-order chi connectivity index (χ0) is 13.9. The largest absolute Gasteiger partial charge is 0.505 e. The van der Waals surface area contributed by atoms with Crippen LogP contribution in [0.3, 0.4) is 0 Å². The van der Waals surface area contributed by atoms with E-state index in [-0.39, 0.29) is 36.6 Å². The number of hydrogen-bond acceptors (Lipinski definition) is 3. The fourth-order valence-electron chi connectivity index (χ4n) is 3.75. The summed E-state index contributed by atoms with van der Waals surface area (Å²) >= 11 is 0. The fourth-order valence-corrected chi connectivity index (χ4v) is 3.75. The lowest BCUT2D eigenvalue weighted by molar-refractivity contribution is 0.123. The third-order valence-corrected chi connectivity index (χ3v) is 4.73. The molecule has 2 fully saturated rings. The van der Waals surface area contributed by atoms with E-state index in [9.17, 15) is 9.50 Å². The maximum absolute atomic E-state index is 13.7. The van der Waals surface area contributed by atoms with Crippen LogP contribution in [0.4, 0.5) is 4.39 Å². The van der Waals surface area contributed by atoms with Gasteiger partial charge in [-0.2, -0.15) is 0 Å². The highest BCUT2D eigenvalue weighted by molar-refractivity contribution is 5.85. The second kappa shape index (κ2) is 8.92. The molecule has 6 heteroatoms. The minimum Gasteiger partial charge on any atom is -0.505 e. The molecule has 1 aliphatic carbocycles. The Hall–Kier alpha value is -0.550. The molecule has 126 valence electrons. The quantitative estimate of drug-likeness (QED) is 0.875. The van der Waals surface area contributed by atoms with Crippen molar-refractivity contribution in [3.8, 4) is 5.75 Å². The van der Waals surface area contributed by atoms with Crippen molar-refractivity contribution >= 4 is 24.8 Å². The lowest BCUT2D eigenvalue weighted by atomic mass is 9.89. The highest BCUT2D eigenvalue weighted by Gasteiger charge is 2.33. The van der Waals surface area contributed by atoms with Gasteiger partial charge in [-0.1, -0.05) is 25.0 Å². The smallest absolute Gasteiger partial charge is 0.165 e. The lowest BCUT2D eigenvalue weighted by Crippen LogP contribution is -2.46. The van der Waals surface area contributed by atoms with E-state index in [0.29, 0.717) is 5.92 Å². The minimum absolute atomic E-state index is 0. The van der Waals surface area contributed by atoms with Gasteiger partial charge in [0.15, 0.2) is 11.6 Å². The Morgan fingerprint density at radius 1 is 1.14 bits per heavy atom. The Morgan fingerprint density at radius 3 is 2.41 bits per heavy atom. The third kappa shape index (κ3) is 4.05. The molecule has 3 nitrogen and oxygen atoms in total. The summed E-state index contributed by atoms with van der Waals surface area (Å²) in [6.45, 7) is 3.88. The summed E-state index contributed by atoms with van der Waals surface area (Å²) in [5.74, 6) is -0.107. The maximum atomic E-state index is 13.7. The van der Waals surface area contributed by atoms with Crippen LogP contribution in [0.5, 0.6) is 5.75 Å². The molecule has 1 saturated heterocycles. The van der Waals surface area contributed by atoms with Crippen molar-refractivity contribution in [1.29, 1.82) is 0 Å². The average Bonchev–Trinajstić information content (AvgIpc) is 2.99. The Balaban J connectivity index is 0.00000121. The number of phenolic OH excluding ortho intramolecular Hbond substituents is 1. The topological polar surface area (TPSA) is 35.5 Å². The van der Waals surface area contributed by atoms with E-state index in [1.807, 2.05) is 6.07 Å². The normalized spacial score (nSPS) is 21.0. The number of hydrogen-bond donors (Lipinski definition) is 2. The summed E-state index contributed by atoms with van der Waals surface area (Å²) in [4.78, 5) is 2.42. The van der Waals surface area contributed by atoms with Crippen LogP contribution in [0.1, 0.15) is 37.3 Å². The van der Waals surface area contributed by atoms with Crippen molar-refractivity contribution in [2.45, 2.75) is 31.7 Å². The summed E-state index contributed by atoms with van der Waals surface area (Å²) in [5.41, 5.74) is 0.777. The first-order valence-electron chi connectivity index (χ1n) is 7.69. The van der Waals surface area contributed by atoms with Crippen LogP contribution in [0.15, 0.2) is 18.2 Å². The number of nitrogens with zero attached hydrogens (tertiary/aromatic N) is 1. The molecule has 1 saturated carbocycles. The molecule has 0 bridgehead atoms. The maximum Gasteiger partial charge on any atom is 0.165 e. The van der Waals surface area contributed by atoms with Crippen LogP contribution in [-0.2, 0) is 0 Å². The number of halogens is 3. The molecule has 3 rings (SSSR count). The highest BCUT2D eigenvalue weighted by atomic mass is 35.5. The number of para-hydroxylation sites is 1. The number of nitrogens with one attached hydrogen (secondary N) is 1. The zero-order valence-corrected chi connectivity index (χ0v) is 14.3. The van der Waals surface area contributed by atoms with Crippen LogP contribution in [0, 0.1) is 11.7 Å². The SMILES string of the molecule is Cl.Cl.Oc1c(F)cccc1[C@@H](C1CCCC1)N1CCNCC1. The fraction of sp³-hybridized carbons (Fsp3) is 0.625. The summed E-state index contributed by atoms with van der Waals surface area (Å²) in [5, 5.41) is 13.5. The van der Waals surface area contributed by atoms with Crippen LogP contribution in [0.25, 0.3) is 0 Å². The van der Waals surface area contributed by atoms with Crippen LogP contribution >= 0.6 is 24.8 Å². The summed E-state index contributed by atoms with van der Waals surface area (Å²) in [7, 11) is 0. The zero-order valence-electron chi connectivity index (χ0n) is 12.6. The van der Waals surface area contributed by atoms with Crippen LogP contribution in [0.2, 0.25) is 0 Å². The van der Waals surface area contributed by atoms with Gasteiger partial charge in [-0.05, 0) is 24.8 Å². The molecule has 0 unspecified atom stereocenters. The number of phenols is 1. The Labute approximate surface area is 144 Å². The number of piperazine rings is 1. The summed E-state index contributed by atoms with van der Waals surface area (Å²) in [6, 6.07) is 5.11. The molecule has 22 heavy (non-hydrogen) atoms. The second-order valence-electron chi connectivity index (χ2n) is 5.95. The van der Waals surface area contributed by atoms with Crippen LogP contribution in [-0.4, -0.2) is 36.2 Å². The third-order valence-electron chi connectivity index (χ3n) is 4.73. The minimum atomic E-state index is -0.499. The van der Waals surface area contributed by atoms with Crippen molar-refractivity contribution < 1.29 is 9.50 Å². The van der Waals surface area contributed by atoms with Crippen molar-refractivity contribution in [3.05, 3.63) is 29.6 Å². The molecular formula is C16H25Cl2FN2O. The van der Waals surface area contributed by atoms with Crippen molar-refractivity contribution in [2.24, 2.45) is 5.92 Å². The van der Waals surface area contributed by atoms with Gasteiger partial charge in [0.1, 0.15) is 0 Å². The van der Waals surface area contributed by atoms with Gasteiger partial charge in [-0.3, -0.25) is 4.90 Å². The molecule has 0 aromatic heterocycles. The van der Waals surface area contributed by atoms with Gasteiger partial charge in [0, 0.05) is 37.8 Å². The number of benzene rings is 1. The van der Waals surface area contributed by atoms with E-state index >= 15 is 0 Å². The van der Waals surface area contributed by atoms with E-state index in [2.05, 4.69) is 10.2 Å². The van der Waals surface area contributed by atoms with Gasteiger partial charge < -0.3 is 10.4 Å². The van der Waals surface area contributed by atoms with E-state index < -0.39 is 5.82 Å². The van der Waals surface area contributed by atoms with Gasteiger partial charge in [0.25, 0.3) is 0 Å². The molecule has 1 aromatic rings. The predicted octanol–water partition coefficient (Wildman–Crippen LogP) is 3.51. The first kappa shape index (κ1) is 19.5. The van der Waals surface area contributed by atoms with Gasteiger partial charge in [0.05, 0.1) is 0 Å². The van der Waals surface area contributed by atoms with E-state index in [1.54, 1.807) is 6.07 Å². The van der Waals surface area contributed by atoms with Gasteiger partial charge >= 0.3 is 0 Å². The van der Waals surface area contributed by atoms with Gasteiger partial charge in [-0.15, -0.1) is 24.8 Å². The second-order valence-corrected chi connectivity index (χ2v) is 5.95. The molecule has 0 spiro atoms. The molecule has 1 aromatic carbocycles. The molecule has 1 heterocycles. The monoisotopic (exact) mass is 350 g/mol. The first-order chi connectivity index (χ1) is 9.77. The standard InChI is InChI=1S/C16H23FN2O.2ClH/c17-14-7-3-6-13(16(14)20)15(12-4-1-2-5-12)19-10-8-18-9-11-19;;/h3,6-7,12,15,18,20H,1-2,4-5,8-11H2;2*1H/t15-;;/m1../s1. The number of rotatable bonds is 3. The van der Waals surface area contributed by atoms with Gasteiger partial charge in [0.2, 0.25) is 0 Å². The van der Waals surface area contributed by atoms with Gasteiger partial charge in [-0.25, -0.2) is 4.39 Å². The molecular weight excluding hydrogens is 326 g/mol. The first-order valence-corrected chi connectivity index (χ1v) is 7.69. The van der Waals surface area contributed by atoms with Crippen molar-refractivity contribution in [1.82, 2.24) is 10.2 Å². The Bertz CT molecular complexity index is 463. The van der Waals surface area contributed by atoms with Crippen molar-refractivity contribution in [2.75, 3.05) is 26.2 Å². The number of aromatic hydroxyl groups is 1. The van der Waals surface area contributed by atoms with E-state index in [0.717, 1.165) is 31.7 Å². The lowest BCUT2D eigenvalue weighted by Gasteiger charge is -2.38. The summed E-state index contributed by atoms with van der Waals surface area (Å²) in [6.07, 6.45) is 4.88. The van der Waals surface area contributed by atoms with Crippen molar-refractivity contribution in [3.63, 3.8) is 0 Å². The molecule has 0 amide bonds. The average molecular weight is 351 g/mol. The molecule has 2 aliphatic rings. The van der Waals surface area contributed by atoms with E-state index in [1.165, 1.54) is 31.7 Å². The molecule has 2 N–H and O–H groups in total. The predicted molar refractivity (Wildman–Crippen MR) is 91.7 cm³/mol. The Kier molecular flexibility index (Phi) is 7.90. The van der Waals surface area contributed by atoms with E-state index in [4.69, 9.17) is 0 Å². The molecule has 0 radical (unpaired) electrons. The molecule has 1 aliphatic heterocycles.